The summed E-state index contributed by atoms with van der Waals surface area (Å²) in [4.78, 5) is 27.5. The number of thiazole rings is 1. The van der Waals surface area contributed by atoms with Gasteiger partial charge in [0.15, 0.2) is 0 Å². The molecule has 10 nitrogen and oxygen atoms in total. The fourth-order valence-corrected chi connectivity index (χ4v) is 6.31. The molecule has 0 aliphatic carbocycles. The molecule has 0 radical (unpaired) electrons. The Bertz CT molecular complexity index is 1720. The molecule has 5 heterocycles. The second kappa shape index (κ2) is 11.8. The minimum Gasteiger partial charge on any atom is -0.492 e. The highest BCUT2D eigenvalue weighted by molar-refractivity contribution is 7.09. The summed E-state index contributed by atoms with van der Waals surface area (Å²) in [7, 11) is 2.18. The largest absolute Gasteiger partial charge is 0.492 e. The Morgan fingerprint density at radius 2 is 2.10 bits per heavy atom. The molecule has 1 atom stereocenters. The van der Waals surface area contributed by atoms with Crippen LogP contribution < -0.4 is 10.1 Å². The second-order valence-corrected chi connectivity index (χ2v) is 12.3. The first kappa shape index (κ1) is 28.3. The molecule has 1 fully saturated rings. The monoisotopic (exact) mass is 586 g/mol. The van der Waals surface area contributed by atoms with E-state index in [9.17, 15) is 4.79 Å². The number of hydrogen-bond acceptors (Lipinski definition) is 8. The SMILES string of the molecule is Cc1nn(Cc2csc(C(C)C)n2)c2cccc(NC(=O)c3cnc4cc(OCCN5CCN(C)C(C)C5)ccn34)c12. The minimum absolute atomic E-state index is 0.235. The van der Waals surface area contributed by atoms with Gasteiger partial charge in [-0.25, -0.2) is 9.97 Å². The van der Waals surface area contributed by atoms with Crippen LogP contribution in [0.15, 0.2) is 48.1 Å². The molecule has 4 aromatic heterocycles. The van der Waals surface area contributed by atoms with Crippen LogP contribution in [0, 0.1) is 6.92 Å². The highest BCUT2D eigenvalue weighted by atomic mass is 32.1. The van der Waals surface area contributed by atoms with Crippen molar-refractivity contribution in [3.05, 3.63) is 70.2 Å². The quantitative estimate of drug-likeness (QED) is 0.263. The van der Waals surface area contributed by atoms with E-state index in [0.29, 0.717) is 36.5 Å². The van der Waals surface area contributed by atoms with Crippen LogP contribution in [0.3, 0.4) is 0 Å². The molecule has 0 spiro atoms. The summed E-state index contributed by atoms with van der Waals surface area (Å²) >= 11 is 1.68. The third-order valence-electron chi connectivity index (χ3n) is 8.01. The molecule has 0 bridgehead atoms. The number of fused-ring (bicyclic) bond motifs is 2. The Kier molecular flexibility index (Phi) is 7.98. The number of aromatic nitrogens is 5. The molecule has 42 heavy (non-hydrogen) atoms. The van der Waals surface area contributed by atoms with E-state index >= 15 is 0 Å². The molecule has 1 aromatic carbocycles. The number of imidazole rings is 1. The maximum absolute atomic E-state index is 13.4. The number of anilines is 1. The molecule has 11 heteroatoms. The van der Waals surface area contributed by atoms with E-state index in [2.05, 4.69) is 53.3 Å². The van der Waals surface area contributed by atoms with Gasteiger partial charge in [0.25, 0.3) is 5.91 Å². The first-order valence-electron chi connectivity index (χ1n) is 14.5. The van der Waals surface area contributed by atoms with Crippen molar-refractivity contribution < 1.29 is 9.53 Å². The van der Waals surface area contributed by atoms with E-state index < -0.39 is 0 Å². The van der Waals surface area contributed by atoms with Gasteiger partial charge in [0.2, 0.25) is 0 Å². The standard InChI is InChI=1S/C31H38N8O2S/c1-20(2)31-33-23(19-42-31)18-39-26-8-6-7-25(29(26)22(4)35-39)34-30(40)27-16-32-28-15-24(9-10-38(27)28)41-14-13-37-12-11-36(5)21(3)17-37/h6-10,15-16,19-21H,11-14,17-18H2,1-5H3,(H,34,40). The summed E-state index contributed by atoms with van der Waals surface area (Å²) < 4.78 is 9.79. The van der Waals surface area contributed by atoms with Crippen molar-refractivity contribution in [2.24, 2.45) is 0 Å². The summed E-state index contributed by atoms with van der Waals surface area (Å²) in [5.74, 6) is 0.910. The Labute approximate surface area is 249 Å². The first-order valence-corrected chi connectivity index (χ1v) is 15.4. The molecule has 220 valence electrons. The molecule has 5 aromatic rings. The number of amides is 1. The maximum atomic E-state index is 13.4. The van der Waals surface area contributed by atoms with Crippen molar-refractivity contribution in [3.63, 3.8) is 0 Å². The Morgan fingerprint density at radius 3 is 2.88 bits per heavy atom. The number of carbonyl (C=O) groups is 1. The van der Waals surface area contributed by atoms with E-state index in [4.69, 9.17) is 14.8 Å². The molecule has 6 rings (SSSR count). The van der Waals surface area contributed by atoms with E-state index in [1.807, 2.05) is 48.1 Å². The van der Waals surface area contributed by atoms with Crippen molar-refractivity contribution in [3.8, 4) is 5.75 Å². The van der Waals surface area contributed by atoms with Crippen LogP contribution in [-0.4, -0.2) is 85.7 Å². The molecule has 1 unspecified atom stereocenters. The zero-order chi connectivity index (χ0) is 29.4. The van der Waals surface area contributed by atoms with Crippen LogP contribution in [-0.2, 0) is 6.54 Å². The number of hydrogen-bond donors (Lipinski definition) is 1. The highest BCUT2D eigenvalue weighted by Gasteiger charge is 2.21. The van der Waals surface area contributed by atoms with Gasteiger partial charge in [-0.1, -0.05) is 19.9 Å². The molecular weight excluding hydrogens is 548 g/mol. The average molecular weight is 587 g/mol. The number of nitrogens with one attached hydrogen (secondary N) is 1. The lowest BCUT2D eigenvalue weighted by Gasteiger charge is -2.37. The molecule has 1 aliphatic heterocycles. The third-order valence-corrected chi connectivity index (χ3v) is 9.21. The van der Waals surface area contributed by atoms with E-state index in [0.717, 1.165) is 64.9 Å². The highest BCUT2D eigenvalue weighted by Crippen LogP contribution is 2.29. The van der Waals surface area contributed by atoms with Crippen LogP contribution in [0.1, 0.15) is 53.6 Å². The predicted molar refractivity (Wildman–Crippen MR) is 167 cm³/mol. The van der Waals surface area contributed by atoms with Crippen molar-refractivity contribution >= 4 is 39.5 Å². The van der Waals surface area contributed by atoms with Gasteiger partial charge >= 0.3 is 0 Å². The summed E-state index contributed by atoms with van der Waals surface area (Å²) in [6.07, 6.45) is 3.44. The number of nitrogens with zero attached hydrogens (tertiary/aromatic N) is 7. The molecule has 1 N–H and O–H groups in total. The van der Waals surface area contributed by atoms with E-state index in [1.54, 1.807) is 21.9 Å². The topological polar surface area (TPSA) is 92.8 Å². The summed E-state index contributed by atoms with van der Waals surface area (Å²) in [5, 5.41) is 12.0. The molecule has 0 saturated carbocycles. The fraction of sp³-hybridized carbons (Fsp3) is 0.419. The number of aryl methyl sites for hydroxylation is 1. The van der Waals surface area contributed by atoms with Gasteiger partial charge in [0.1, 0.15) is 23.7 Å². The smallest absolute Gasteiger partial charge is 0.274 e. The summed E-state index contributed by atoms with van der Waals surface area (Å²) in [6.45, 7) is 13.8. The molecule has 1 amide bonds. The summed E-state index contributed by atoms with van der Waals surface area (Å²) in [5.41, 5.74) is 4.63. The number of rotatable bonds is 9. The first-order chi connectivity index (χ1) is 20.3. The van der Waals surface area contributed by atoms with Gasteiger partial charge in [-0.15, -0.1) is 11.3 Å². The lowest BCUT2D eigenvalue weighted by atomic mass is 10.1. The number of pyridine rings is 1. The van der Waals surface area contributed by atoms with Gasteiger partial charge in [0.05, 0.1) is 40.3 Å². The number of ether oxygens (including phenoxy) is 1. The van der Waals surface area contributed by atoms with Gasteiger partial charge in [-0.3, -0.25) is 18.8 Å². The Hall–Kier alpha value is -3.80. The number of likely N-dealkylation sites (N-methyl/N-ethyl adjacent to an activating group) is 1. The van der Waals surface area contributed by atoms with Crippen LogP contribution in [0.2, 0.25) is 0 Å². The third kappa shape index (κ3) is 5.77. The van der Waals surface area contributed by atoms with Crippen molar-refractivity contribution in [2.45, 2.75) is 46.2 Å². The zero-order valence-electron chi connectivity index (χ0n) is 24.9. The van der Waals surface area contributed by atoms with Crippen LogP contribution in [0.4, 0.5) is 5.69 Å². The van der Waals surface area contributed by atoms with Crippen LogP contribution >= 0.6 is 11.3 Å². The lowest BCUT2D eigenvalue weighted by molar-refractivity contribution is 0.0928. The van der Waals surface area contributed by atoms with Crippen LogP contribution in [0.5, 0.6) is 5.75 Å². The van der Waals surface area contributed by atoms with Gasteiger partial charge < -0.3 is 15.0 Å². The second-order valence-electron chi connectivity index (χ2n) is 11.4. The van der Waals surface area contributed by atoms with Crippen molar-refractivity contribution in [1.29, 1.82) is 0 Å². The minimum atomic E-state index is -0.235. The predicted octanol–water partition coefficient (Wildman–Crippen LogP) is 4.89. The van der Waals surface area contributed by atoms with Gasteiger partial charge in [0, 0.05) is 61.2 Å². The lowest BCUT2D eigenvalue weighted by Crippen LogP contribution is -2.50. The fourth-order valence-electron chi connectivity index (χ4n) is 5.48. The van der Waals surface area contributed by atoms with Crippen molar-refractivity contribution in [2.75, 3.05) is 45.2 Å². The van der Waals surface area contributed by atoms with Gasteiger partial charge in [-0.2, -0.15) is 5.10 Å². The Morgan fingerprint density at radius 1 is 1.24 bits per heavy atom. The molecule has 1 saturated heterocycles. The maximum Gasteiger partial charge on any atom is 0.274 e. The van der Waals surface area contributed by atoms with Crippen LogP contribution in [0.25, 0.3) is 16.6 Å². The molecular formula is C31H38N8O2S. The van der Waals surface area contributed by atoms with E-state index in [-0.39, 0.29) is 5.91 Å². The van der Waals surface area contributed by atoms with Gasteiger partial charge in [-0.05, 0) is 39.1 Å². The van der Waals surface area contributed by atoms with E-state index in [1.165, 1.54) is 0 Å². The number of carbonyl (C=O) groups excluding carboxylic acids is 1. The molecule has 1 aliphatic rings. The van der Waals surface area contributed by atoms with Crippen molar-refractivity contribution in [1.82, 2.24) is 33.9 Å². The average Bonchev–Trinajstić information content (AvgIpc) is 3.69. The Balaban J connectivity index is 1.14. The number of benzene rings is 1. The summed E-state index contributed by atoms with van der Waals surface area (Å²) in [6, 6.07) is 10.2. The normalized spacial score (nSPS) is 16.6. The number of piperazine rings is 1. The zero-order valence-corrected chi connectivity index (χ0v) is 25.7.